The topological polar surface area (TPSA) is 64.1 Å². The highest BCUT2D eigenvalue weighted by Gasteiger charge is 2.35. The molecule has 0 radical (unpaired) electrons. The van der Waals surface area contributed by atoms with Gasteiger partial charge in [-0.05, 0) is 36.0 Å². The molecule has 2 atom stereocenters. The average Bonchev–Trinajstić information content (AvgIpc) is 3.09. The number of nitrogens with zero attached hydrogens (tertiary/aromatic N) is 1. The number of nitrogens with one attached hydrogen (secondary N) is 2. The van der Waals surface area contributed by atoms with E-state index < -0.39 is 0 Å². The van der Waals surface area contributed by atoms with Gasteiger partial charge in [-0.3, -0.25) is 4.99 Å². The van der Waals surface area contributed by atoms with Crippen LogP contribution in [0.25, 0.3) is 0 Å². The minimum absolute atomic E-state index is 0.149. The molecule has 1 aromatic carbocycles. The maximum absolute atomic E-state index is 6.07. The van der Waals surface area contributed by atoms with Crippen molar-refractivity contribution in [2.75, 3.05) is 27.0 Å². The fourth-order valence-corrected chi connectivity index (χ4v) is 3.69. The molecule has 0 aliphatic carbocycles. The molecule has 1 fully saturated rings. The van der Waals surface area contributed by atoms with Gasteiger partial charge in [-0.15, -0.1) is 0 Å². The Hall–Kier alpha value is -1.95. The van der Waals surface area contributed by atoms with Crippen molar-refractivity contribution in [3.05, 3.63) is 23.8 Å². The first-order chi connectivity index (χ1) is 12.5. The summed E-state index contributed by atoms with van der Waals surface area (Å²) in [5, 5.41) is 6.84. The summed E-state index contributed by atoms with van der Waals surface area (Å²) in [7, 11) is 1.80. The van der Waals surface area contributed by atoms with Crippen LogP contribution in [0.3, 0.4) is 0 Å². The van der Waals surface area contributed by atoms with Gasteiger partial charge in [-0.2, -0.15) is 0 Å². The maximum Gasteiger partial charge on any atom is 0.231 e. The second-order valence-corrected chi connectivity index (χ2v) is 8.05. The number of fused-ring (bicyclic) bond motifs is 1. The van der Waals surface area contributed by atoms with Gasteiger partial charge in [0, 0.05) is 32.7 Å². The van der Waals surface area contributed by atoms with E-state index in [0.717, 1.165) is 42.6 Å². The molecule has 0 spiro atoms. The molecule has 2 aliphatic heterocycles. The van der Waals surface area contributed by atoms with Crippen molar-refractivity contribution in [1.82, 2.24) is 10.6 Å². The van der Waals surface area contributed by atoms with Crippen LogP contribution in [0.2, 0.25) is 0 Å². The molecule has 0 aromatic heterocycles. The van der Waals surface area contributed by atoms with Crippen molar-refractivity contribution in [3.8, 4) is 11.5 Å². The Morgan fingerprint density at radius 2 is 2.00 bits per heavy atom. The summed E-state index contributed by atoms with van der Waals surface area (Å²) in [5.41, 5.74) is 1.28. The zero-order chi connectivity index (χ0) is 18.6. The Labute approximate surface area is 156 Å². The van der Waals surface area contributed by atoms with E-state index in [4.69, 9.17) is 14.2 Å². The number of hydrogen-bond donors (Lipinski definition) is 2. The number of benzene rings is 1. The molecule has 0 saturated carbocycles. The molecule has 2 heterocycles. The molecule has 0 amide bonds. The molecule has 26 heavy (non-hydrogen) atoms. The fraction of sp³-hybridized carbons (Fsp3) is 0.650. The third-order valence-electron chi connectivity index (χ3n) is 4.95. The minimum atomic E-state index is 0.149. The molecule has 1 aromatic rings. The van der Waals surface area contributed by atoms with Gasteiger partial charge in [0.25, 0.3) is 0 Å². The van der Waals surface area contributed by atoms with Gasteiger partial charge < -0.3 is 24.8 Å². The zero-order valence-electron chi connectivity index (χ0n) is 16.3. The number of rotatable bonds is 4. The maximum atomic E-state index is 6.07. The number of aliphatic imine (C=N–C) groups is 1. The van der Waals surface area contributed by atoms with Gasteiger partial charge in [-0.1, -0.05) is 26.8 Å². The minimum Gasteiger partial charge on any atom is -0.454 e. The predicted molar refractivity (Wildman–Crippen MR) is 103 cm³/mol. The lowest BCUT2D eigenvalue weighted by Gasteiger charge is -2.40. The molecule has 1 saturated heterocycles. The van der Waals surface area contributed by atoms with E-state index in [2.05, 4.69) is 36.4 Å². The molecule has 0 bridgehead atoms. The first-order valence-corrected chi connectivity index (χ1v) is 9.42. The van der Waals surface area contributed by atoms with Gasteiger partial charge >= 0.3 is 0 Å². The Balaban J connectivity index is 1.51. The molecule has 6 nitrogen and oxygen atoms in total. The summed E-state index contributed by atoms with van der Waals surface area (Å²) in [6.45, 7) is 9.47. The lowest BCUT2D eigenvalue weighted by molar-refractivity contribution is -0.0835. The number of hydrogen-bond acceptors (Lipinski definition) is 4. The van der Waals surface area contributed by atoms with E-state index in [1.165, 1.54) is 6.42 Å². The van der Waals surface area contributed by atoms with Gasteiger partial charge in [0.1, 0.15) is 0 Å². The second kappa shape index (κ2) is 8.16. The Bertz CT molecular complexity index is 640. The normalized spacial score (nSPS) is 23.0. The molecule has 2 aliphatic rings. The van der Waals surface area contributed by atoms with Crippen molar-refractivity contribution in [2.24, 2.45) is 16.3 Å². The van der Waals surface area contributed by atoms with Gasteiger partial charge in [-0.25, -0.2) is 0 Å². The Morgan fingerprint density at radius 1 is 1.19 bits per heavy atom. The highest BCUT2D eigenvalue weighted by atomic mass is 16.7. The van der Waals surface area contributed by atoms with Crippen LogP contribution in [-0.2, 0) is 11.3 Å². The predicted octanol–water partition coefficient (Wildman–Crippen LogP) is 2.92. The Morgan fingerprint density at radius 3 is 2.77 bits per heavy atom. The van der Waals surface area contributed by atoms with Gasteiger partial charge in [0.05, 0.1) is 6.10 Å². The number of ether oxygens (including phenoxy) is 3. The van der Waals surface area contributed by atoms with Crippen molar-refractivity contribution < 1.29 is 14.2 Å². The molecule has 2 unspecified atom stereocenters. The van der Waals surface area contributed by atoms with Crippen molar-refractivity contribution in [3.63, 3.8) is 0 Å². The molecule has 6 heteroatoms. The summed E-state index contributed by atoms with van der Waals surface area (Å²) in [4.78, 5) is 4.34. The van der Waals surface area contributed by atoms with Crippen LogP contribution in [0.15, 0.2) is 23.2 Å². The van der Waals surface area contributed by atoms with Crippen molar-refractivity contribution in [2.45, 2.75) is 46.3 Å². The monoisotopic (exact) mass is 361 g/mol. The van der Waals surface area contributed by atoms with Crippen LogP contribution in [-0.4, -0.2) is 39.1 Å². The Kier molecular flexibility index (Phi) is 5.91. The SMILES string of the molecule is CN=C(NCc1ccc2c(c1)OCO2)NCC1CCCOC1C(C)(C)C. The van der Waals surface area contributed by atoms with E-state index >= 15 is 0 Å². The zero-order valence-corrected chi connectivity index (χ0v) is 16.3. The van der Waals surface area contributed by atoms with Crippen LogP contribution < -0.4 is 20.1 Å². The van der Waals surface area contributed by atoms with Gasteiger partial charge in [0.2, 0.25) is 6.79 Å². The third kappa shape index (κ3) is 4.61. The first-order valence-electron chi connectivity index (χ1n) is 9.42. The van der Waals surface area contributed by atoms with E-state index in [9.17, 15) is 0 Å². The quantitative estimate of drug-likeness (QED) is 0.638. The fourth-order valence-electron chi connectivity index (χ4n) is 3.69. The van der Waals surface area contributed by atoms with E-state index in [1.54, 1.807) is 7.05 Å². The lowest BCUT2D eigenvalue weighted by atomic mass is 9.78. The number of guanidine groups is 1. The summed E-state index contributed by atoms with van der Waals surface area (Å²) in [6, 6.07) is 5.99. The van der Waals surface area contributed by atoms with Crippen molar-refractivity contribution in [1.29, 1.82) is 0 Å². The van der Waals surface area contributed by atoms with Crippen molar-refractivity contribution >= 4 is 5.96 Å². The standard InChI is InChI=1S/C20H31N3O3/c1-20(2,3)18-15(6-5-9-24-18)12-23-19(21-4)22-11-14-7-8-16-17(10-14)26-13-25-16/h7-8,10,15,18H,5-6,9,11-13H2,1-4H3,(H2,21,22,23). The first kappa shape index (κ1) is 18.8. The van der Waals surface area contributed by atoms with Crippen LogP contribution in [0.5, 0.6) is 11.5 Å². The third-order valence-corrected chi connectivity index (χ3v) is 4.95. The van der Waals surface area contributed by atoms with E-state index in [0.29, 0.717) is 19.3 Å². The largest absolute Gasteiger partial charge is 0.454 e. The van der Waals surface area contributed by atoms with Gasteiger partial charge in [0.15, 0.2) is 17.5 Å². The molecule has 2 N–H and O–H groups in total. The molecular weight excluding hydrogens is 330 g/mol. The highest BCUT2D eigenvalue weighted by Crippen LogP contribution is 2.34. The van der Waals surface area contributed by atoms with Crippen LogP contribution >= 0.6 is 0 Å². The highest BCUT2D eigenvalue weighted by molar-refractivity contribution is 5.79. The average molecular weight is 361 g/mol. The summed E-state index contributed by atoms with van der Waals surface area (Å²) in [6.07, 6.45) is 2.59. The molecule has 144 valence electrons. The smallest absolute Gasteiger partial charge is 0.231 e. The van der Waals surface area contributed by atoms with Crippen LogP contribution in [0, 0.1) is 11.3 Å². The molecule has 3 rings (SSSR count). The van der Waals surface area contributed by atoms with Crippen LogP contribution in [0.1, 0.15) is 39.2 Å². The summed E-state index contributed by atoms with van der Waals surface area (Å²) >= 11 is 0. The second-order valence-electron chi connectivity index (χ2n) is 8.05. The van der Waals surface area contributed by atoms with Crippen LogP contribution in [0.4, 0.5) is 0 Å². The lowest BCUT2D eigenvalue weighted by Crippen LogP contribution is -2.47. The summed E-state index contributed by atoms with van der Waals surface area (Å²) in [5.74, 6) is 2.91. The molecular formula is C20H31N3O3. The van der Waals surface area contributed by atoms with E-state index in [-0.39, 0.29) is 11.5 Å². The summed E-state index contributed by atoms with van der Waals surface area (Å²) < 4.78 is 16.9. The van der Waals surface area contributed by atoms with E-state index in [1.807, 2.05) is 18.2 Å².